The second-order valence-electron chi connectivity index (χ2n) is 6.61. The molecule has 0 unspecified atom stereocenters. The van der Waals surface area contributed by atoms with E-state index in [0.29, 0.717) is 6.54 Å². The van der Waals surface area contributed by atoms with Gasteiger partial charge in [-0.1, -0.05) is 30.3 Å². The minimum Gasteiger partial charge on any atom is -0.323 e. The van der Waals surface area contributed by atoms with Crippen LogP contribution in [0.2, 0.25) is 0 Å². The van der Waals surface area contributed by atoms with E-state index in [2.05, 4.69) is 15.1 Å². The van der Waals surface area contributed by atoms with Gasteiger partial charge in [0, 0.05) is 46.8 Å². The highest BCUT2D eigenvalue weighted by atomic mass is 16.2. The van der Waals surface area contributed by atoms with E-state index >= 15 is 0 Å². The lowest BCUT2D eigenvalue weighted by Crippen LogP contribution is -2.51. The number of nitrogens with zero attached hydrogens (tertiary/aromatic N) is 6. The molecule has 134 valence electrons. The third-order valence-electron chi connectivity index (χ3n) is 4.78. The molecule has 0 saturated carbocycles. The fourth-order valence-electron chi connectivity index (χ4n) is 3.05. The van der Waals surface area contributed by atoms with E-state index < -0.39 is 0 Å². The first-order valence-corrected chi connectivity index (χ1v) is 8.66. The number of amides is 2. The van der Waals surface area contributed by atoms with Crippen molar-refractivity contribution in [2.24, 2.45) is 7.05 Å². The minimum absolute atomic E-state index is 0.0954. The van der Waals surface area contributed by atoms with E-state index in [1.54, 1.807) is 4.90 Å². The van der Waals surface area contributed by atoms with E-state index in [9.17, 15) is 4.79 Å². The summed E-state index contributed by atoms with van der Waals surface area (Å²) in [7, 11) is 3.85. The number of aryl methyl sites for hydroxylation is 1. The third kappa shape index (κ3) is 4.17. The molecule has 7 nitrogen and oxygen atoms in total. The molecular formula is C18H26N6O. The predicted octanol–water partition coefficient (Wildman–Crippen LogP) is 1.49. The zero-order valence-corrected chi connectivity index (χ0v) is 15.2. The number of piperazine rings is 1. The fourth-order valence-corrected chi connectivity index (χ4v) is 3.05. The van der Waals surface area contributed by atoms with Crippen LogP contribution in [0.25, 0.3) is 0 Å². The van der Waals surface area contributed by atoms with Crippen molar-refractivity contribution in [1.29, 1.82) is 0 Å². The SMILES string of the molecule is Cc1nnc(CN2CCN(C(=O)N(C)Cc3ccccc3)CC2)n1C. The molecule has 3 rings (SSSR count). The molecule has 1 saturated heterocycles. The van der Waals surface area contributed by atoms with Gasteiger partial charge in [-0.05, 0) is 12.5 Å². The fraction of sp³-hybridized carbons (Fsp3) is 0.500. The average molecular weight is 342 g/mol. The van der Waals surface area contributed by atoms with Crippen molar-refractivity contribution in [2.75, 3.05) is 33.2 Å². The summed E-state index contributed by atoms with van der Waals surface area (Å²) in [6.45, 7) is 6.57. The number of hydrogen-bond donors (Lipinski definition) is 0. The smallest absolute Gasteiger partial charge is 0.320 e. The molecule has 1 fully saturated rings. The number of aromatic nitrogens is 3. The number of carbonyl (C=O) groups excluding carboxylic acids is 1. The van der Waals surface area contributed by atoms with E-state index in [1.165, 1.54) is 0 Å². The lowest BCUT2D eigenvalue weighted by atomic mass is 10.2. The molecule has 7 heteroatoms. The summed E-state index contributed by atoms with van der Waals surface area (Å²) in [4.78, 5) is 18.7. The van der Waals surface area contributed by atoms with Crippen LogP contribution < -0.4 is 0 Å². The molecule has 0 N–H and O–H groups in total. The Balaban J connectivity index is 1.49. The summed E-state index contributed by atoms with van der Waals surface area (Å²) in [5.74, 6) is 1.89. The molecule has 0 spiro atoms. The second kappa shape index (κ2) is 7.65. The minimum atomic E-state index is 0.0954. The Kier molecular flexibility index (Phi) is 5.33. The summed E-state index contributed by atoms with van der Waals surface area (Å²) in [5.41, 5.74) is 1.15. The van der Waals surface area contributed by atoms with E-state index in [-0.39, 0.29) is 6.03 Å². The maximum absolute atomic E-state index is 12.6. The van der Waals surface area contributed by atoms with Crippen molar-refractivity contribution < 1.29 is 4.79 Å². The molecule has 1 aliphatic rings. The second-order valence-corrected chi connectivity index (χ2v) is 6.61. The average Bonchev–Trinajstić information content (AvgIpc) is 2.94. The molecule has 1 aliphatic heterocycles. The maximum Gasteiger partial charge on any atom is 0.320 e. The standard InChI is InChI=1S/C18H26N6O/c1-15-19-20-17(22(15)3)14-23-9-11-24(12-10-23)18(25)21(2)13-16-7-5-4-6-8-16/h4-8H,9-14H2,1-3H3. The van der Waals surface area contributed by atoms with Crippen LogP contribution in [-0.4, -0.2) is 68.7 Å². The van der Waals surface area contributed by atoms with Crippen LogP contribution >= 0.6 is 0 Å². The zero-order chi connectivity index (χ0) is 17.8. The van der Waals surface area contributed by atoms with E-state index in [4.69, 9.17) is 0 Å². The van der Waals surface area contributed by atoms with Gasteiger partial charge in [0.1, 0.15) is 11.6 Å². The molecule has 1 aromatic heterocycles. The summed E-state index contributed by atoms with van der Waals surface area (Å²) >= 11 is 0. The van der Waals surface area contributed by atoms with Crippen LogP contribution in [0, 0.1) is 6.92 Å². The predicted molar refractivity (Wildman–Crippen MR) is 95.9 cm³/mol. The van der Waals surface area contributed by atoms with Gasteiger partial charge in [0.05, 0.1) is 6.54 Å². The summed E-state index contributed by atoms with van der Waals surface area (Å²) < 4.78 is 2.02. The third-order valence-corrected chi connectivity index (χ3v) is 4.78. The Morgan fingerprint density at radius 2 is 1.80 bits per heavy atom. The van der Waals surface area contributed by atoms with Crippen LogP contribution in [0.1, 0.15) is 17.2 Å². The van der Waals surface area contributed by atoms with Gasteiger partial charge in [-0.2, -0.15) is 0 Å². The maximum atomic E-state index is 12.6. The normalized spacial score (nSPS) is 15.4. The van der Waals surface area contributed by atoms with E-state index in [0.717, 1.165) is 49.9 Å². The number of urea groups is 1. The Labute approximate surface area is 148 Å². The highest BCUT2D eigenvalue weighted by molar-refractivity contribution is 5.74. The first-order chi connectivity index (χ1) is 12.0. The van der Waals surface area contributed by atoms with Crippen LogP contribution in [-0.2, 0) is 20.1 Å². The first-order valence-electron chi connectivity index (χ1n) is 8.66. The van der Waals surface area contributed by atoms with Gasteiger partial charge in [-0.15, -0.1) is 10.2 Å². The molecule has 0 bridgehead atoms. The summed E-state index contributed by atoms with van der Waals surface area (Å²) in [6.07, 6.45) is 0. The lowest BCUT2D eigenvalue weighted by molar-refractivity contribution is 0.112. The number of rotatable bonds is 4. The van der Waals surface area contributed by atoms with Crippen molar-refractivity contribution in [3.05, 3.63) is 47.5 Å². The lowest BCUT2D eigenvalue weighted by Gasteiger charge is -2.36. The monoisotopic (exact) mass is 342 g/mol. The highest BCUT2D eigenvalue weighted by Crippen LogP contribution is 2.11. The first kappa shape index (κ1) is 17.4. The van der Waals surface area contributed by atoms with E-state index in [1.807, 2.05) is 60.8 Å². The summed E-state index contributed by atoms with van der Waals surface area (Å²) in [6, 6.07) is 10.2. The molecule has 0 aliphatic carbocycles. The Morgan fingerprint density at radius 3 is 2.40 bits per heavy atom. The number of hydrogen-bond acceptors (Lipinski definition) is 4. The molecular weight excluding hydrogens is 316 g/mol. The molecule has 1 aromatic carbocycles. The number of carbonyl (C=O) groups is 1. The Bertz CT molecular complexity index is 706. The van der Waals surface area contributed by atoms with Crippen molar-refractivity contribution in [1.82, 2.24) is 29.5 Å². The van der Waals surface area contributed by atoms with Crippen molar-refractivity contribution >= 4 is 6.03 Å². The zero-order valence-electron chi connectivity index (χ0n) is 15.2. The van der Waals surface area contributed by atoms with Crippen molar-refractivity contribution in [3.63, 3.8) is 0 Å². The van der Waals surface area contributed by atoms with Gasteiger partial charge in [0.2, 0.25) is 0 Å². The number of benzene rings is 1. The molecule has 2 amide bonds. The highest BCUT2D eigenvalue weighted by Gasteiger charge is 2.24. The molecule has 0 radical (unpaired) electrons. The van der Waals surface area contributed by atoms with Gasteiger partial charge < -0.3 is 14.4 Å². The molecule has 0 atom stereocenters. The van der Waals surface area contributed by atoms with Gasteiger partial charge >= 0.3 is 6.03 Å². The van der Waals surface area contributed by atoms with Gasteiger partial charge in [0.25, 0.3) is 0 Å². The van der Waals surface area contributed by atoms with Gasteiger partial charge in [-0.25, -0.2) is 4.79 Å². The Hall–Kier alpha value is -2.41. The van der Waals surface area contributed by atoms with Gasteiger partial charge in [-0.3, -0.25) is 4.90 Å². The topological polar surface area (TPSA) is 57.5 Å². The molecule has 25 heavy (non-hydrogen) atoms. The van der Waals surface area contributed by atoms with Crippen molar-refractivity contribution in [2.45, 2.75) is 20.0 Å². The van der Waals surface area contributed by atoms with Crippen LogP contribution in [0.4, 0.5) is 4.79 Å². The largest absolute Gasteiger partial charge is 0.323 e. The van der Waals surface area contributed by atoms with Gasteiger partial charge in [0.15, 0.2) is 0 Å². The quantitative estimate of drug-likeness (QED) is 0.845. The molecule has 2 aromatic rings. The van der Waals surface area contributed by atoms with Crippen LogP contribution in [0.5, 0.6) is 0 Å². The molecule has 2 heterocycles. The Morgan fingerprint density at radius 1 is 1.12 bits per heavy atom. The van der Waals surface area contributed by atoms with Crippen molar-refractivity contribution in [3.8, 4) is 0 Å². The van der Waals surface area contributed by atoms with Crippen LogP contribution in [0.15, 0.2) is 30.3 Å². The summed E-state index contributed by atoms with van der Waals surface area (Å²) in [5, 5.41) is 8.32. The van der Waals surface area contributed by atoms with Crippen LogP contribution in [0.3, 0.4) is 0 Å².